The van der Waals surface area contributed by atoms with E-state index in [0.29, 0.717) is 32.1 Å². The molecular weight excluding hydrogens is 287 g/mol. The number of ether oxygens (including phenoxy) is 1. The molecule has 1 amide bonds. The quantitative estimate of drug-likeness (QED) is 0.883. The molecule has 1 aliphatic heterocycles. The van der Waals surface area contributed by atoms with Crippen LogP contribution < -0.4 is 5.32 Å². The Morgan fingerprint density at radius 2 is 1.95 bits per heavy atom. The van der Waals surface area contributed by atoms with Crippen molar-refractivity contribution in [2.24, 2.45) is 0 Å². The molecule has 2 N–H and O–H groups in total. The normalized spacial score (nSPS) is 18.3. The summed E-state index contributed by atoms with van der Waals surface area (Å²) in [6, 6.07) is 2.32. The molecule has 2 rings (SSSR count). The van der Waals surface area contributed by atoms with Crippen molar-refractivity contribution in [1.82, 2.24) is 5.32 Å². The molecule has 0 saturated carbocycles. The van der Waals surface area contributed by atoms with Gasteiger partial charge in [-0.05, 0) is 38.0 Å². The second-order valence-corrected chi connectivity index (χ2v) is 5.36. The molecular formula is C14H16F3NO3. The first-order valence-electron chi connectivity index (χ1n) is 6.52. The van der Waals surface area contributed by atoms with Gasteiger partial charge in [-0.3, -0.25) is 4.79 Å². The number of carbonyl (C=O) groups excluding carboxylic acids is 1. The minimum absolute atomic E-state index is 0.171. The van der Waals surface area contributed by atoms with Crippen LogP contribution in [-0.4, -0.2) is 29.8 Å². The van der Waals surface area contributed by atoms with Crippen molar-refractivity contribution in [2.75, 3.05) is 13.2 Å². The lowest BCUT2D eigenvalue weighted by Crippen LogP contribution is -2.49. The van der Waals surface area contributed by atoms with Gasteiger partial charge in [-0.25, -0.2) is 0 Å². The number of phenolic OH excluding ortho intramolecular Hbond substituents is 1. The molecule has 116 valence electrons. The highest BCUT2D eigenvalue weighted by atomic mass is 19.4. The van der Waals surface area contributed by atoms with Gasteiger partial charge in [0.25, 0.3) is 5.91 Å². The molecule has 21 heavy (non-hydrogen) atoms. The molecule has 1 fully saturated rings. The highest BCUT2D eigenvalue weighted by Gasteiger charge is 2.33. The zero-order valence-corrected chi connectivity index (χ0v) is 11.5. The molecule has 7 heteroatoms. The third-order valence-corrected chi connectivity index (χ3v) is 3.58. The first kappa shape index (κ1) is 15.6. The van der Waals surface area contributed by atoms with E-state index < -0.39 is 28.9 Å². The molecule has 1 aliphatic rings. The van der Waals surface area contributed by atoms with Crippen LogP contribution in [0.5, 0.6) is 5.75 Å². The molecule has 1 heterocycles. The third-order valence-electron chi connectivity index (χ3n) is 3.58. The van der Waals surface area contributed by atoms with E-state index in [2.05, 4.69) is 5.32 Å². The largest absolute Gasteiger partial charge is 0.507 e. The number of phenols is 1. The van der Waals surface area contributed by atoms with E-state index in [1.54, 1.807) is 0 Å². The fraction of sp³-hybridized carbons (Fsp3) is 0.500. The van der Waals surface area contributed by atoms with Crippen LogP contribution in [0.1, 0.15) is 35.7 Å². The number of rotatable bonds is 2. The van der Waals surface area contributed by atoms with Crippen molar-refractivity contribution < 1.29 is 27.8 Å². The number of alkyl halides is 3. The minimum atomic E-state index is -4.56. The van der Waals surface area contributed by atoms with E-state index in [0.717, 1.165) is 12.1 Å². The number of carbonyl (C=O) groups is 1. The summed E-state index contributed by atoms with van der Waals surface area (Å²) >= 11 is 0. The van der Waals surface area contributed by atoms with Gasteiger partial charge >= 0.3 is 6.18 Å². The molecule has 1 saturated heterocycles. The second kappa shape index (κ2) is 5.55. The summed E-state index contributed by atoms with van der Waals surface area (Å²) in [7, 11) is 0. The fourth-order valence-corrected chi connectivity index (χ4v) is 2.19. The van der Waals surface area contributed by atoms with Crippen LogP contribution in [0.4, 0.5) is 13.2 Å². The zero-order valence-electron chi connectivity index (χ0n) is 11.5. The topological polar surface area (TPSA) is 58.6 Å². The van der Waals surface area contributed by atoms with Crippen LogP contribution in [0.2, 0.25) is 0 Å². The van der Waals surface area contributed by atoms with Crippen molar-refractivity contribution in [1.29, 1.82) is 0 Å². The highest BCUT2D eigenvalue weighted by molar-refractivity contribution is 5.97. The maximum absolute atomic E-state index is 12.5. The van der Waals surface area contributed by atoms with E-state index in [1.807, 2.05) is 6.92 Å². The van der Waals surface area contributed by atoms with E-state index in [4.69, 9.17) is 4.74 Å². The van der Waals surface area contributed by atoms with Crippen molar-refractivity contribution in [3.63, 3.8) is 0 Å². The Bertz CT molecular complexity index is 537. The van der Waals surface area contributed by atoms with Crippen LogP contribution in [0.3, 0.4) is 0 Å². The maximum Gasteiger partial charge on any atom is 0.416 e. The third kappa shape index (κ3) is 3.66. The molecule has 0 aromatic heterocycles. The molecule has 0 unspecified atom stereocenters. The Balaban J connectivity index is 2.16. The molecule has 0 spiro atoms. The summed E-state index contributed by atoms with van der Waals surface area (Å²) in [4.78, 5) is 12.1. The maximum atomic E-state index is 12.5. The van der Waals surface area contributed by atoms with E-state index in [-0.39, 0.29) is 5.56 Å². The average Bonchev–Trinajstić information content (AvgIpc) is 2.37. The Hall–Kier alpha value is -1.76. The molecule has 0 aliphatic carbocycles. The lowest BCUT2D eigenvalue weighted by Gasteiger charge is -2.34. The van der Waals surface area contributed by atoms with Crippen molar-refractivity contribution >= 4 is 5.91 Å². The number of aromatic hydroxyl groups is 1. The first-order chi connectivity index (χ1) is 9.71. The predicted octanol–water partition coefficient (Wildman–Crippen LogP) is 2.71. The van der Waals surface area contributed by atoms with Gasteiger partial charge in [0.1, 0.15) is 5.75 Å². The van der Waals surface area contributed by atoms with E-state index in [9.17, 15) is 23.1 Å². The number of amides is 1. The van der Waals surface area contributed by atoms with Crippen molar-refractivity contribution in [3.05, 3.63) is 29.3 Å². The standard InChI is InChI=1S/C14H16F3NO3/c1-13(4-6-21-7-5-13)18-12(20)10-3-2-9(8-11(10)19)14(15,16)17/h2-3,8,19H,4-7H2,1H3,(H,18,20). The summed E-state index contributed by atoms with van der Waals surface area (Å²) in [5, 5.41) is 12.4. The zero-order chi connectivity index (χ0) is 15.7. The lowest BCUT2D eigenvalue weighted by atomic mass is 9.92. The molecule has 0 radical (unpaired) electrons. The minimum Gasteiger partial charge on any atom is -0.507 e. The van der Waals surface area contributed by atoms with Crippen LogP contribution in [-0.2, 0) is 10.9 Å². The van der Waals surface area contributed by atoms with Gasteiger partial charge in [-0.1, -0.05) is 0 Å². The summed E-state index contributed by atoms with van der Waals surface area (Å²) in [5.74, 6) is -1.27. The Kier molecular flexibility index (Phi) is 4.13. The summed E-state index contributed by atoms with van der Waals surface area (Å²) < 4.78 is 42.7. The smallest absolute Gasteiger partial charge is 0.416 e. The second-order valence-electron chi connectivity index (χ2n) is 5.36. The van der Waals surface area contributed by atoms with Gasteiger partial charge < -0.3 is 15.2 Å². The van der Waals surface area contributed by atoms with Gasteiger partial charge in [-0.15, -0.1) is 0 Å². The highest BCUT2D eigenvalue weighted by Crippen LogP contribution is 2.33. The first-order valence-corrected chi connectivity index (χ1v) is 6.52. The molecule has 0 atom stereocenters. The van der Waals surface area contributed by atoms with Gasteiger partial charge in [0.05, 0.1) is 11.1 Å². The van der Waals surface area contributed by atoms with Gasteiger partial charge in [-0.2, -0.15) is 13.2 Å². The monoisotopic (exact) mass is 303 g/mol. The van der Waals surface area contributed by atoms with Crippen molar-refractivity contribution in [3.8, 4) is 5.75 Å². The average molecular weight is 303 g/mol. The Morgan fingerprint density at radius 1 is 1.33 bits per heavy atom. The Morgan fingerprint density at radius 3 is 2.48 bits per heavy atom. The SMILES string of the molecule is CC1(NC(=O)c2ccc(C(F)(F)F)cc2O)CCOCC1. The molecule has 1 aromatic carbocycles. The number of hydrogen-bond acceptors (Lipinski definition) is 3. The molecule has 0 bridgehead atoms. The van der Waals surface area contributed by atoms with E-state index >= 15 is 0 Å². The number of benzene rings is 1. The van der Waals surface area contributed by atoms with Gasteiger partial charge in [0.15, 0.2) is 0 Å². The van der Waals surface area contributed by atoms with Crippen molar-refractivity contribution in [2.45, 2.75) is 31.5 Å². The number of halogens is 3. The van der Waals surface area contributed by atoms with Crippen LogP contribution in [0.25, 0.3) is 0 Å². The van der Waals surface area contributed by atoms with Gasteiger partial charge in [0.2, 0.25) is 0 Å². The summed E-state index contributed by atoms with van der Waals surface area (Å²) in [6.45, 7) is 2.86. The van der Waals surface area contributed by atoms with Crippen LogP contribution >= 0.6 is 0 Å². The fourth-order valence-electron chi connectivity index (χ4n) is 2.19. The van der Waals surface area contributed by atoms with Gasteiger partial charge in [0, 0.05) is 18.8 Å². The molecule has 1 aromatic rings. The summed E-state index contributed by atoms with van der Waals surface area (Å²) in [6.07, 6.45) is -3.33. The van der Waals surface area contributed by atoms with Crippen LogP contribution in [0.15, 0.2) is 18.2 Å². The van der Waals surface area contributed by atoms with Crippen LogP contribution in [0, 0.1) is 0 Å². The molecule has 4 nitrogen and oxygen atoms in total. The lowest BCUT2D eigenvalue weighted by molar-refractivity contribution is -0.137. The number of hydrogen-bond donors (Lipinski definition) is 2. The Labute approximate surface area is 119 Å². The summed E-state index contributed by atoms with van der Waals surface area (Å²) in [5.41, 5.74) is -1.64. The predicted molar refractivity (Wildman–Crippen MR) is 69.0 cm³/mol. The number of nitrogens with one attached hydrogen (secondary N) is 1. The van der Waals surface area contributed by atoms with E-state index in [1.165, 1.54) is 0 Å².